The summed E-state index contributed by atoms with van der Waals surface area (Å²) in [7, 11) is 1.17. The highest BCUT2D eigenvalue weighted by Gasteiger charge is 2.54. The van der Waals surface area contributed by atoms with Gasteiger partial charge in [-0.2, -0.15) is 0 Å². The summed E-state index contributed by atoms with van der Waals surface area (Å²) in [5, 5.41) is 0. The van der Waals surface area contributed by atoms with E-state index >= 15 is 0 Å². The molecular weight excluding hydrogens is 370 g/mol. The zero-order valence-electron chi connectivity index (χ0n) is 16.1. The molecule has 1 heterocycles. The third kappa shape index (κ3) is 4.50. The van der Waals surface area contributed by atoms with Gasteiger partial charge < -0.3 is 15.2 Å². The summed E-state index contributed by atoms with van der Waals surface area (Å²) in [4.78, 5) is 37.7. The lowest BCUT2D eigenvalue weighted by Crippen LogP contribution is -2.67. The fourth-order valence-corrected chi connectivity index (χ4v) is 3.32. The van der Waals surface area contributed by atoms with Gasteiger partial charge in [-0.15, -0.1) is 0 Å². The monoisotopic (exact) mass is 393 g/mol. The minimum Gasteiger partial charge on any atom is -0.467 e. The minimum atomic E-state index is -1.95. The maximum Gasteiger partial charge on any atom is 0.336 e. The Morgan fingerprint density at radius 1 is 1.14 bits per heavy atom. The maximum absolute atomic E-state index is 12.8. The quantitative estimate of drug-likeness (QED) is 0.460. The van der Waals surface area contributed by atoms with Gasteiger partial charge in [-0.3, -0.25) is 9.59 Å². The highest BCUT2D eigenvalue weighted by atomic mass is 16.5. The minimum absolute atomic E-state index is 0.0166. The van der Waals surface area contributed by atoms with E-state index in [1.165, 1.54) is 7.11 Å². The van der Waals surface area contributed by atoms with Crippen molar-refractivity contribution in [3.63, 3.8) is 0 Å². The van der Waals surface area contributed by atoms with Gasteiger partial charge in [0.2, 0.25) is 5.54 Å². The summed E-state index contributed by atoms with van der Waals surface area (Å²) in [5.41, 5.74) is 5.63. The molecule has 1 saturated heterocycles. The molecule has 1 aliphatic rings. The Morgan fingerprint density at radius 3 is 2.38 bits per heavy atom. The van der Waals surface area contributed by atoms with Gasteiger partial charge in [0.25, 0.3) is 0 Å². The molecule has 150 valence electrons. The molecule has 6 nitrogen and oxygen atoms in total. The predicted molar refractivity (Wildman–Crippen MR) is 108 cm³/mol. The second-order valence-corrected chi connectivity index (χ2v) is 6.93. The Morgan fingerprint density at radius 2 is 1.76 bits per heavy atom. The summed E-state index contributed by atoms with van der Waals surface area (Å²) in [5.74, 6) is -1.51. The van der Waals surface area contributed by atoms with Crippen molar-refractivity contribution in [2.24, 2.45) is 5.73 Å². The highest BCUT2D eigenvalue weighted by Crippen LogP contribution is 2.29. The summed E-state index contributed by atoms with van der Waals surface area (Å²) in [6, 6.07) is 18.1. The number of benzene rings is 2. The molecule has 2 aromatic rings. The van der Waals surface area contributed by atoms with Crippen molar-refractivity contribution in [3.05, 3.63) is 77.9 Å². The molecule has 0 aromatic heterocycles. The number of carbonyl (C=O) groups excluding carboxylic acids is 3. The molecule has 0 saturated carbocycles. The van der Waals surface area contributed by atoms with Gasteiger partial charge in [0.1, 0.15) is 6.10 Å². The number of Topliss-reactive ketones (excluding diaryl/α,β-unsaturated/α-hetero) is 2. The van der Waals surface area contributed by atoms with Crippen LogP contribution in [-0.4, -0.2) is 42.4 Å². The summed E-state index contributed by atoms with van der Waals surface area (Å²) >= 11 is 0. The second kappa shape index (κ2) is 8.94. The van der Waals surface area contributed by atoms with E-state index in [0.717, 1.165) is 5.56 Å². The van der Waals surface area contributed by atoms with Gasteiger partial charge in [-0.05, 0) is 5.56 Å². The van der Waals surface area contributed by atoms with Crippen LogP contribution in [0.25, 0.3) is 6.08 Å². The molecule has 3 rings (SSSR count). The lowest BCUT2D eigenvalue weighted by Gasteiger charge is -2.39. The van der Waals surface area contributed by atoms with E-state index in [1.807, 2.05) is 36.4 Å². The number of methoxy groups -OCH3 is 1. The second-order valence-electron chi connectivity index (χ2n) is 6.93. The zero-order valence-corrected chi connectivity index (χ0v) is 16.1. The molecule has 3 atom stereocenters. The Kier molecular flexibility index (Phi) is 6.36. The van der Waals surface area contributed by atoms with E-state index < -0.39 is 29.5 Å². The van der Waals surface area contributed by atoms with E-state index in [1.54, 1.807) is 36.4 Å². The molecule has 29 heavy (non-hydrogen) atoms. The third-order valence-corrected chi connectivity index (χ3v) is 4.96. The van der Waals surface area contributed by atoms with Crippen LogP contribution in [0, 0.1) is 0 Å². The van der Waals surface area contributed by atoms with Crippen LogP contribution in [-0.2, 0) is 19.1 Å². The van der Waals surface area contributed by atoms with Crippen LogP contribution < -0.4 is 5.73 Å². The van der Waals surface area contributed by atoms with Gasteiger partial charge in [0.15, 0.2) is 11.6 Å². The maximum atomic E-state index is 12.8. The van der Waals surface area contributed by atoms with E-state index in [9.17, 15) is 14.4 Å². The van der Waals surface area contributed by atoms with Crippen molar-refractivity contribution in [3.8, 4) is 0 Å². The van der Waals surface area contributed by atoms with Crippen LogP contribution in [0.4, 0.5) is 0 Å². The average molecular weight is 393 g/mol. The van der Waals surface area contributed by atoms with Crippen molar-refractivity contribution in [1.29, 1.82) is 0 Å². The number of esters is 1. The topological polar surface area (TPSA) is 95.7 Å². The SMILES string of the molecule is COC(=O)[C@]1(N)C(=O)C[C@@H](CC(=O)c2ccccc2)O[C@@H]1/C=C/c1ccccc1. The van der Waals surface area contributed by atoms with E-state index in [0.29, 0.717) is 5.56 Å². The van der Waals surface area contributed by atoms with Crippen LogP contribution in [0.3, 0.4) is 0 Å². The fourth-order valence-electron chi connectivity index (χ4n) is 3.32. The van der Waals surface area contributed by atoms with Crippen LogP contribution in [0.15, 0.2) is 66.7 Å². The normalized spacial score (nSPS) is 24.4. The number of carbonyl (C=O) groups is 3. The molecule has 1 fully saturated rings. The van der Waals surface area contributed by atoms with Gasteiger partial charge in [0, 0.05) is 18.4 Å². The molecule has 6 heteroatoms. The number of ether oxygens (including phenoxy) is 2. The Bertz CT molecular complexity index is 909. The number of hydrogen-bond donors (Lipinski definition) is 1. The highest BCUT2D eigenvalue weighted by molar-refractivity contribution is 6.10. The standard InChI is InChI=1S/C23H23NO5/c1-28-22(27)23(24)20(26)15-18(14-19(25)17-10-6-3-7-11-17)29-21(23)13-12-16-8-4-2-5-9-16/h2-13,18,21H,14-15,24H2,1H3/b13-12+/t18-,21-,23+/m1/s1. The van der Waals surface area contributed by atoms with Gasteiger partial charge >= 0.3 is 5.97 Å². The fraction of sp³-hybridized carbons (Fsp3) is 0.261. The molecule has 2 N–H and O–H groups in total. The largest absolute Gasteiger partial charge is 0.467 e. The van der Waals surface area contributed by atoms with Crippen LogP contribution in [0.5, 0.6) is 0 Å². The molecule has 0 amide bonds. The van der Waals surface area contributed by atoms with E-state index in [-0.39, 0.29) is 18.6 Å². The van der Waals surface area contributed by atoms with Crippen LogP contribution in [0.2, 0.25) is 0 Å². The Hall–Kier alpha value is -3.09. The third-order valence-electron chi connectivity index (χ3n) is 4.96. The smallest absolute Gasteiger partial charge is 0.336 e. The molecule has 0 spiro atoms. The molecule has 0 bridgehead atoms. The van der Waals surface area contributed by atoms with E-state index in [2.05, 4.69) is 0 Å². The van der Waals surface area contributed by atoms with Crippen LogP contribution in [0.1, 0.15) is 28.8 Å². The average Bonchev–Trinajstić information content (AvgIpc) is 2.75. The lowest BCUT2D eigenvalue weighted by molar-refractivity contribution is -0.166. The number of nitrogens with two attached hydrogens (primary N) is 1. The molecule has 1 aliphatic heterocycles. The van der Waals surface area contributed by atoms with E-state index in [4.69, 9.17) is 15.2 Å². The molecule has 0 aliphatic carbocycles. The lowest BCUT2D eigenvalue weighted by atomic mass is 9.81. The first-order valence-corrected chi connectivity index (χ1v) is 9.32. The van der Waals surface area contributed by atoms with Crippen molar-refractivity contribution < 1.29 is 23.9 Å². The molecular formula is C23H23NO5. The predicted octanol–water partition coefficient (Wildman–Crippen LogP) is 2.57. The Labute approximate surface area is 169 Å². The van der Waals surface area contributed by atoms with Gasteiger partial charge in [-0.1, -0.05) is 72.8 Å². The molecule has 0 radical (unpaired) electrons. The number of hydrogen-bond acceptors (Lipinski definition) is 6. The first kappa shape index (κ1) is 20.6. The zero-order chi connectivity index (χ0) is 20.9. The first-order chi connectivity index (χ1) is 13.9. The Balaban J connectivity index is 1.83. The van der Waals surface area contributed by atoms with Crippen LogP contribution >= 0.6 is 0 Å². The summed E-state index contributed by atoms with van der Waals surface area (Å²) in [6.07, 6.45) is 1.45. The molecule has 0 unspecified atom stereocenters. The van der Waals surface area contributed by atoms with Crippen molar-refractivity contribution >= 4 is 23.6 Å². The van der Waals surface area contributed by atoms with Crippen molar-refractivity contribution in [2.75, 3.05) is 7.11 Å². The van der Waals surface area contributed by atoms with Crippen molar-refractivity contribution in [2.45, 2.75) is 30.6 Å². The first-order valence-electron chi connectivity index (χ1n) is 9.32. The van der Waals surface area contributed by atoms with Gasteiger partial charge in [0.05, 0.1) is 13.2 Å². The summed E-state index contributed by atoms with van der Waals surface area (Å²) in [6.45, 7) is 0. The molecule has 2 aromatic carbocycles. The summed E-state index contributed by atoms with van der Waals surface area (Å²) < 4.78 is 10.7. The number of ketones is 2. The van der Waals surface area contributed by atoms with Gasteiger partial charge in [-0.25, -0.2) is 4.79 Å². The van der Waals surface area contributed by atoms with Crippen molar-refractivity contribution in [1.82, 2.24) is 0 Å². The number of rotatable bonds is 6.